The van der Waals surface area contributed by atoms with Gasteiger partial charge in [0, 0.05) is 30.0 Å². The van der Waals surface area contributed by atoms with Crippen LogP contribution in [0.25, 0.3) is 17.1 Å². The lowest BCUT2D eigenvalue weighted by Gasteiger charge is -2.32. The maximum atomic E-state index is 13.1. The molecular weight excluding hydrogens is 611 g/mol. The van der Waals surface area contributed by atoms with E-state index in [-0.39, 0.29) is 17.6 Å². The molecule has 1 amide bonds. The second-order valence-corrected chi connectivity index (χ2v) is 13.0. The summed E-state index contributed by atoms with van der Waals surface area (Å²) in [6.45, 7) is 9.50. The van der Waals surface area contributed by atoms with E-state index < -0.39 is 6.36 Å². The highest BCUT2D eigenvalue weighted by molar-refractivity contribution is 8.14. The highest BCUT2D eigenvalue weighted by atomic mass is 32.2. The van der Waals surface area contributed by atoms with Crippen molar-refractivity contribution in [3.63, 3.8) is 0 Å². The summed E-state index contributed by atoms with van der Waals surface area (Å²) in [5, 5.41) is 5.27. The molecule has 242 valence electrons. The first kappa shape index (κ1) is 33.2. The molecule has 0 bridgehead atoms. The maximum Gasteiger partial charge on any atom is 0.573 e. The summed E-state index contributed by atoms with van der Waals surface area (Å²) < 4.78 is 42.7. The number of rotatable bonds is 10. The number of aromatic nitrogens is 3. The Morgan fingerprint density at radius 2 is 1.78 bits per heavy atom. The number of hydrogen-bond donors (Lipinski definition) is 0. The Morgan fingerprint density at radius 3 is 2.48 bits per heavy atom. The molecule has 0 spiro atoms. The lowest BCUT2D eigenvalue weighted by Crippen LogP contribution is -2.35. The minimum absolute atomic E-state index is 0.0832. The Hall–Kier alpha value is -4.12. The van der Waals surface area contributed by atoms with Crippen molar-refractivity contribution in [2.24, 2.45) is 10.9 Å². The zero-order valence-electron chi connectivity index (χ0n) is 26.4. The number of anilines is 1. The Kier molecular flexibility index (Phi) is 10.5. The SMILES string of the molecule is Cc1cccc(N2CCCSC2=NC(=O)CC(C)CCc2ccc(-c3ncn(-c4ccc(OC(F)(F)F)cc4)n3)cc2)c1C(C)C. The lowest BCUT2D eigenvalue weighted by atomic mass is 9.95. The van der Waals surface area contributed by atoms with Crippen molar-refractivity contribution in [1.29, 1.82) is 0 Å². The normalized spacial score (nSPS) is 15.4. The van der Waals surface area contributed by atoms with Gasteiger partial charge in [-0.25, -0.2) is 9.67 Å². The fourth-order valence-corrected chi connectivity index (χ4v) is 6.60. The van der Waals surface area contributed by atoms with E-state index in [1.807, 2.05) is 24.3 Å². The summed E-state index contributed by atoms with van der Waals surface area (Å²) in [4.78, 5) is 24.3. The number of aliphatic imine (C=N–C) groups is 1. The third-order valence-electron chi connectivity index (χ3n) is 7.87. The molecule has 46 heavy (non-hydrogen) atoms. The van der Waals surface area contributed by atoms with Gasteiger partial charge in [-0.3, -0.25) is 4.79 Å². The number of amidine groups is 1. The van der Waals surface area contributed by atoms with E-state index in [4.69, 9.17) is 0 Å². The van der Waals surface area contributed by atoms with Gasteiger partial charge in [0.2, 0.25) is 5.91 Å². The number of nitrogens with zero attached hydrogens (tertiary/aromatic N) is 5. The molecule has 11 heteroatoms. The number of alkyl halides is 3. The van der Waals surface area contributed by atoms with Crippen LogP contribution in [-0.2, 0) is 11.2 Å². The number of benzene rings is 3. The number of halogens is 3. The van der Waals surface area contributed by atoms with Gasteiger partial charge in [0.1, 0.15) is 12.1 Å². The number of aryl methyl sites for hydroxylation is 2. The van der Waals surface area contributed by atoms with Gasteiger partial charge in [-0.05, 0) is 85.0 Å². The van der Waals surface area contributed by atoms with E-state index in [0.29, 0.717) is 23.9 Å². The first-order chi connectivity index (χ1) is 22.0. The molecule has 1 fully saturated rings. The molecule has 3 aromatic carbocycles. The van der Waals surface area contributed by atoms with Crippen LogP contribution in [0, 0.1) is 12.8 Å². The summed E-state index contributed by atoms with van der Waals surface area (Å²) in [6.07, 6.45) is -0.111. The summed E-state index contributed by atoms with van der Waals surface area (Å²) in [5.41, 5.74) is 6.24. The van der Waals surface area contributed by atoms with Gasteiger partial charge in [0.25, 0.3) is 0 Å². The molecule has 1 aliphatic rings. The molecule has 0 N–H and O–H groups in total. The third kappa shape index (κ3) is 8.57. The van der Waals surface area contributed by atoms with Crippen LogP contribution in [0.1, 0.15) is 62.6 Å². The molecule has 0 aliphatic carbocycles. The molecule has 1 saturated heterocycles. The van der Waals surface area contributed by atoms with Crippen molar-refractivity contribution >= 4 is 28.5 Å². The highest BCUT2D eigenvalue weighted by Gasteiger charge is 2.31. The predicted molar refractivity (Wildman–Crippen MR) is 178 cm³/mol. The van der Waals surface area contributed by atoms with Crippen molar-refractivity contribution in [2.45, 2.75) is 65.7 Å². The molecule has 1 atom stereocenters. The zero-order chi connectivity index (χ0) is 32.8. The molecule has 5 rings (SSSR count). The van der Waals surface area contributed by atoms with Crippen molar-refractivity contribution in [1.82, 2.24) is 14.8 Å². The smallest absolute Gasteiger partial charge is 0.406 e. The predicted octanol–water partition coefficient (Wildman–Crippen LogP) is 8.75. The molecule has 4 aromatic rings. The van der Waals surface area contributed by atoms with Crippen molar-refractivity contribution in [3.8, 4) is 22.8 Å². The van der Waals surface area contributed by atoms with Crippen molar-refractivity contribution < 1.29 is 22.7 Å². The Labute approximate surface area is 271 Å². The number of carbonyl (C=O) groups excluding carboxylic acids is 1. The lowest BCUT2D eigenvalue weighted by molar-refractivity contribution is -0.274. The monoisotopic (exact) mass is 649 g/mol. The molecule has 0 radical (unpaired) electrons. The van der Waals surface area contributed by atoms with E-state index in [0.717, 1.165) is 53.5 Å². The van der Waals surface area contributed by atoms with Gasteiger partial charge in [-0.1, -0.05) is 68.9 Å². The average Bonchev–Trinajstić information content (AvgIpc) is 3.50. The maximum absolute atomic E-state index is 13.1. The average molecular weight is 650 g/mol. The minimum Gasteiger partial charge on any atom is -0.406 e. The molecule has 2 heterocycles. The van der Waals surface area contributed by atoms with E-state index >= 15 is 0 Å². The van der Waals surface area contributed by atoms with Gasteiger partial charge in [-0.15, -0.1) is 18.3 Å². The van der Waals surface area contributed by atoms with E-state index in [9.17, 15) is 18.0 Å². The van der Waals surface area contributed by atoms with Crippen LogP contribution in [0.15, 0.2) is 78.0 Å². The van der Waals surface area contributed by atoms with Gasteiger partial charge in [0.05, 0.1) is 5.69 Å². The second-order valence-electron chi connectivity index (χ2n) is 11.9. The zero-order valence-corrected chi connectivity index (χ0v) is 27.2. The van der Waals surface area contributed by atoms with Crippen LogP contribution in [0.4, 0.5) is 18.9 Å². The molecule has 0 saturated carbocycles. The number of thioether (sulfide) groups is 1. The molecular formula is C35H38F3N5O2S. The minimum atomic E-state index is -4.74. The van der Waals surface area contributed by atoms with Crippen molar-refractivity contribution in [3.05, 3.63) is 89.7 Å². The first-order valence-corrected chi connectivity index (χ1v) is 16.4. The summed E-state index contributed by atoms with van der Waals surface area (Å²) in [6, 6.07) is 19.7. The number of carbonyl (C=O) groups is 1. The van der Waals surface area contributed by atoms with E-state index in [2.05, 4.69) is 70.6 Å². The fourth-order valence-electron chi connectivity index (χ4n) is 5.63. The fraction of sp³-hybridized carbons (Fsp3) is 0.371. The standard InChI is InChI=1S/C35H38F3N5O2S/c1-23(2)32-25(4)7-5-8-30(32)42-19-6-20-46-34(42)40-31(44)21-24(3)9-10-26-11-13-27(14-12-26)33-39-22-43(41-33)28-15-17-29(18-16-28)45-35(36,37)38/h5,7-8,11-18,22-24H,6,9-10,19-21H2,1-4H3. The molecule has 1 aromatic heterocycles. The first-order valence-electron chi connectivity index (χ1n) is 15.5. The van der Waals surface area contributed by atoms with Gasteiger partial charge in [-0.2, -0.15) is 4.99 Å². The van der Waals surface area contributed by atoms with E-state index in [1.165, 1.54) is 46.4 Å². The highest BCUT2D eigenvalue weighted by Crippen LogP contribution is 2.34. The van der Waals surface area contributed by atoms with Gasteiger partial charge >= 0.3 is 6.36 Å². The third-order valence-corrected chi connectivity index (χ3v) is 8.93. The van der Waals surface area contributed by atoms with Crippen LogP contribution in [0.3, 0.4) is 0 Å². The summed E-state index contributed by atoms with van der Waals surface area (Å²) in [7, 11) is 0. The number of hydrogen-bond acceptors (Lipinski definition) is 5. The van der Waals surface area contributed by atoms with E-state index in [1.54, 1.807) is 11.8 Å². The second kappa shape index (κ2) is 14.5. The molecule has 1 unspecified atom stereocenters. The Bertz CT molecular complexity index is 1670. The summed E-state index contributed by atoms with van der Waals surface area (Å²) in [5.74, 6) is 1.63. The van der Waals surface area contributed by atoms with Crippen LogP contribution in [0.2, 0.25) is 0 Å². The Balaban J connectivity index is 1.16. The Morgan fingerprint density at radius 1 is 1.04 bits per heavy atom. The largest absolute Gasteiger partial charge is 0.573 e. The van der Waals surface area contributed by atoms with Gasteiger partial charge in [0.15, 0.2) is 11.0 Å². The van der Waals surface area contributed by atoms with Crippen LogP contribution in [-0.4, -0.2) is 44.5 Å². The molecule has 1 aliphatic heterocycles. The van der Waals surface area contributed by atoms with Gasteiger partial charge < -0.3 is 9.64 Å². The topological polar surface area (TPSA) is 72.6 Å². The quantitative estimate of drug-likeness (QED) is 0.171. The van der Waals surface area contributed by atoms with Crippen LogP contribution in [0.5, 0.6) is 5.75 Å². The van der Waals surface area contributed by atoms with Crippen molar-refractivity contribution in [2.75, 3.05) is 17.2 Å². The summed E-state index contributed by atoms with van der Waals surface area (Å²) >= 11 is 1.66. The number of amides is 1. The van der Waals surface area contributed by atoms with Crippen LogP contribution >= 0.6 is 11.8 Å². The van der Waals surface area contributed by atoms with Crippen LogP contribution < -0.4 is 9.64 Å². The number of ether oxygens (including phenoxy) is 1. The molecule has 7 nitrogen and oxygen atoms in total.